The summed E-state index contributed by atoms with van der Waals surface area (Å²) in [7, 11) is 0. The molecular weight excluding hydrogens is 296 g/mol. The molecule has 6 heteroatoms. The quantitative estimate of drug-likeness (QED) is 0.560. The van der Waals surface area contributed by atoms with Gasteiger partial charge in [-0.1, -0.05) is 18.2 Å². The van der Waals surface area contributed by atoms with Crippen molar-refractivity contribution in [3.05, 3.63) is 70.9 Å². The van der Waals surface area contributed by atoms with Gasteiger partial charge in [-0.25, -0.2) is 0 Å². The number of nitro benzene ring substituents is 1. The first-order valence-electron chi connectivity index (χ1n) is 7.23. The van der Waals surface area contributed by atoms with Crippen molar-refractivity contribution in [1.29, 1.82) is 0 Å². The molecule has 0 bridgehead atoms. The lowest BCUT2D eigenvalue weighted by Gasteiger charge is -2.14. The lowest BCUT2D eigenvalue weighted by Crippen LogP contribution is -2.23. The zero-order valence-corrected chi connectivity index (χ0v) is 12.3. The molecule has 3 aromatic rings. The lowest BCUT2D eigenvalue weighted by atomic mass is 10.2. The van der Waals surface area contributed by atoms with Crippen LogP contribution in [0.2, 0.25) is 0 Å². The largest absolute Gasteiger partial charge is 0.491 e. The number of nitrogens with zero attached hydrogens (tertiary/aromatic N) is 2. The van der Waals surface area contributed by atoms with Gasteiger partial charge in [0.15, 0.2) is 0 Å². The molecule has 0 saturated heterocycles. The van der Waals surface area contributed by atoms with Crippen LogP contribution in [0.1, 0.15) is 0 Å². The molecule has 23 heavy (non-hydrogen) atoms. The molecule has 6 nitrogen and oxygen atoms in total. The molecule has 0 amide bonds. The Morgan fingerprint density at radius 2 is 1.87 bits per heavy atom. The topological polar surface area (TPSA) is 77.5 Å². The van der Waals surface area contributed by atoms with E-state index in [4.69, 9.17) is 4.74 Å². The average molecular weight is 312 g/mol. The number of rotatable bonds is 6. The highest BCUT2D eigenvalue weighted by Gasteiger charge is 2.10. The van der Waals surface area contributed by atoms with Gasteiger partial charge in [-0.15, -0.1) is 0 Å². The molecular formula is C17H16N2O4. The predicted molar refractivity (Wildman–Crippen MR) is 86.5 cm³/mol. The molecule has 0 fully saturated rings. The van der Waals surface area contributed by atoms with Crippen LogP contribution in [-0.2, 0) is 6.54 Å². The minimum Gasteiger partial charge on any atom is -0.491 e. The standard InChI is InChI=1S/C17H16N2O4/c20-15(11-18-10-9-13-3-1-2-4-17(13)18)12-23-16-7-5-14(6-8-16)19(21)22/h1-10,15,20H,11-12H2. The minimum atomic E-state index is -0.680. The molecule has 1 heterocycles. The van der Waals surface area contributed by atoms with Gasteiger partial charge in [0.1, 0.15) is 18.5 Å². The molecule has 0 spiro atoms. The summed E-state index contributed by atoms with van der Waals surface area (Å²) in [4.78, 5) is 10.1. The van der Waals surface area contributed by atoms with Crippen molar-refractivity contribution in [3.63, 3.8) is 0 Å². The Labute approximate surface area is 132 Å². The summed E-state index contributed by atoms with van der Waals surface area (Å²) in [6.45, 7) is 0.533. The van der Waals surface area contributed by atoms with Gasteiger partial charge >= 0.3 is 0 Å². The Bertz CT molecular complexity index is 811. The van der Waals surface area contributed by atoms with Gasteiger partial charge in [0.05, 0.1) is 11.5 Å². The summed E-state index contributed by atoms with van der Waals surface area (Å²) in [5, 5.41) is 21.8. The maximum absolute atomic E-state index is 10.6. The van der Waals surface area contributed by atoms with Crippen LogP contribution in [-0.4, -0.2) is 27.3 Å². The monoisotopic (exact) mass is 312 g/mol. The third-order valence-electron chi connectivity index (χ3n) is 3.58. The third-order valence-corrected chi connectivity index (χ3v) is 3.58. The molecule has 0 aliphatic carbocycles. The molecule has 0 aliphatic heterocycles. The number of non-ortho nitro benzene ring substituents is 1. The second-order valence-electron chi connectivity index (χ2n) is 5.24. The normalized spacial score (nSPS) is 12.2. The molecule has 1 aromatic heterocycles. The Morgan fingerprint density at radius 3 is 2.61 bits per heavy atom. The summed E-state index contributed by atoms with van der Waals surface area (Å²) < 4.78 is 7.45. The number of aliphatic hydroxyl groups is 1. The van der Waals surface area contributed by atoms with Crippen LogP contribution in [0.4, 0.5) is 5.69 Å². The maximum Gasteiger partial charge on any atom is 0.269 e. The number of benzene rings is 2. The highest BCUT2D eigenvalue weighted by molar-refractivity contribution is 5.79. The van der Waals surface area contributed by atoms with E-state index in [2.05, 4.69) is 0 Å². The molecule has 1 atom stereocenters. The van der Waals surface area contributed by atoms with Crippen molar-refractivity contribution in [2.24, 2.45) is 0 Å². The number of hydrogen-bond donors (Lipinski definition) is 1. The fraction of sp³-hybridized carbons (Fsp3) is 0.176. The van der Waals surface area contributed by atoms with Crippen LogP contribution in [0, 0.1) is 10.1 Å². The van der Waals surface area contributed by atoms with E-state index in [0.717, 1.165) is 10.9 Å². The first-order valence-corrected chi connectivity index (χ1v) is 7.23. The van der Waals surface area contributed by atoms with E-state index in [-0.39, 0.29) is 12.3 Å². The van der Waals surface area contributed by atoms with Gasteiger partial charge in [-0.2, -0.15) is 0 Å². The van der Waals surface area contributed by atoms with Crippen molar-refractivity contribution in [2.45, 2.75) is 12.6 Å². The molecule has 1 unspecified atom stereocenters. The number of aromatic nitrogens is 1. The van der Waals surface area contributed by atoms with Gasteiger partial charge in [0.25, 0.3) is 5.69 Å². The van der Waals surface area contributed by atoms with Gasteiger partial charge in [-0.3, -0.25) is 10.1 Å². The Morgan fingerprint density at radius 1 is 1.13 bits per heavy atom. The lowest BCUT2D eigenvalue weighted by molar-refractivity contribution is -0.384. The number of aliphatic hydroxyl groups excluding tert-OH is 1. The van der Waals surface area contributed by atoms with Gasteiger partial charge < -0.3 is 14.4 Å². The van der Waals surface area contributed by atoms with E-state index >= 15 is 0 Å². The van der Waals surface area contributed by atoms with Gasteiger partial charge in [-0.05, 0) is 29.7 Å². The van der Waals surface area contributed by atoms with Crippen LogP contribution in [0.15, 0.2) is 60.8 Å². The van der Waals surface area contributed by atoms with E-state index < -0.39 is 11.0 Å². The number of nitro groups is 1. The van der Waals surface area contributed by atoms with Crippen molar-refractivity contribution in [2.75, 3.05) is 6.61 Å². The summed E-state index contributed by atoms with van der Waals surface area (Å²) in [6.07, 6.45) is 1.25. The second kappa shape index (κ2) is 6.50. The summed E-state index contributed by atoms with van der Waals surface area (Å²) in [6, 6.07) is 15.7. The van der Waals surface area contributed by atoms with E-state index in [0.29, 0.717) is 12.3 Å². The zero-order valence-electron chi connectivity index (χ0n) is 12.3. The van der Waals surface area contributed by atoms with E-state index in [1.165, 1.54) is 24.3 Å². The van der Waals surface area contributed by atoms with Crippen LogP contribution < -0.4 is 4.74 Å². The number of hydrogen-bond acceptors (Lipinski definition) is 4. The Kier molecular flexibility index (Phi) is 4.25. The van der Waals surface area contributed by atoms with Crippen LogP contribution >= 0.6 is 0 Å². The van der Waals surface area contributed by atoms with Crippen molar-refractivity contribution < 1.29 is 14.8 Å². The molecule has 0 radical (unpaired) electrons. The first-order chi connectivity index (χ1) is 11.1. The van der Waals surface area contributed by atoms with Crippen molar-refractivity contribution in [3.8, 4) is 5.75 Å². The van der Waals surface area contributed by atoms with Crippen LogP contribution in [0.5, 0.6) is 5.75 Å². The Balaban J connectivity index is 1.59. The van der Waals surface area contributed by atoms with Gasteiger partial charge in [0.2, 0.25) is 0 Å². The highest BCUT2D eigenvalue weighted by Crippen LogP contribution is 2.18. The molecule has 3 rings (SSSR count). The smallest absolute Gasteiger partial charge is 0.269 e. The first kappa shape index (κ1) is 15.1. The number of fused-ring (bicyclic) bond motifs is 1. The van der Waals surface area contributed by atoms with Crippen molar-refractivity contribution in [1.82, 2.24) is 4.57 Å². The van der Waals surface area contributed by atoms with Gasteiger partial charge in [0, 0.05) is 23.8 Å². The molecule has 0 saturated carbocycles. The number of ether oxygens (including phenoxy) is 1. The predicted octanol–water partition coefficient (Wildman–Crippen LogP) is 2.99. The van der Waals surface area contributed by atoms with E-state index in [1.807, 2.05) is 41.1 Å². The van der Waals surface area contributed by atoms with E-state index in [9.17, 15) is 15.2 Å². The number of para-hydroxylation sites is 1. The SMILES string of the molecule is O=[N+]([O-])c1ccc(OCC(O)Cn2ccc3ccccc32)cc1. The molecule has 0 aliphatic rings. The fourth-order valence-electron chi connectivity index (χ4n) is 2.44. The summed E-state index contributed by atoms with van der Waals surface area (Å²) in [5.74, 6) is 0.493. The third kappa shape index (κ3) is 3.49. The summed E-state index contributed by atoms with van der Waals surface area (Å²) >= 11 is 0. The van der Waals surface area contributed by atoms with E-state index in [1.54, 1.807) is 0 Å². The van der Waals surface area contributed by atoms with Crippen molar-refractivity contribution >= 4 is 16.6 Å². The maximum atomic E-state index is 10.6. The van der Waals surface area contributed by atoms with Crippen LogP contribution in [0.25, 0.3) is 10.9 Å². The minimum absolute atomic E-state index is 0.0108. The molecule has 118 valence electrons. The average Bonchev–Trinajstić information content (AvgIpc) is 2.96. The zero-order chi connectivity index (χ0) is 16.2. The highest BCUT2D eigenvalue weighted by atomic mass is 16.6. The second-order valence-corrected chi connectivity index (χ2v) is 5.24. The Hall–Kier alpha value is -2.86. The summed E-state index contributed by atoms with van der Waals surface area (Å²) in [5.41, 5.74) is 1.07. The molecule has 1 N–H and O–H groups in total. The molecule has 2 aromatic carbocycles. The fourth-order valence-corrected chi connectivity index (χ4v) is 2.44. The van der Waals surface area contributed by atoms with Crippen LogP contribution in [0.3, 0.4) is 0 Å².